The highest BCUT2D eigenvalue weighted by Gasteiger charge is 2.21. The molecule has 0 unspecified atom stereocenters. The van der Waals surface area contributed by atoms with Crippen LogP contribution in [0.3, 0.4) is 0 Å². The van der Waals surface area contributed by atoms with Crippen molar-refractivity contribution >= 4 is 34.8 Å². The van der Waals surface area contributed by atoms with Crippen LogP contribution in [-0.4, -0.2) is 12.0 Å². The van der Waals surface area contributed by atoms with Gasteiger partial charge < -0.3 is 5.32 Å². The lowest BCUT2D eigenvalue weighted by Gasteiger charge is -2.09. The van der Waals surface area contributed by atoms with Gasteiger partial charge in [-0.2, -0.15) is 0 Å². The summed E-state index contributed by atoms with van der Waals surface area (Å²) in [4.78, 5) is 4.34. The van der Waals surface area contributed by atoms with E-state index in [1.54, 1.807) is 18.2 Å². The first-order chi connectivity index (χ1) is 7.67. The van der Waals surface area contributed by atoms with Crippen LogP contribution in [-0.2, 0) is 0 Å². The standard InChI is InChI=1S/C10H12Cl2N4/c11-6-3-7(12)5-9(4-6)15-10(16-13)14-8-1-2-8/h3-5,8H,1-2,13H2,(H2,14,15,16). The van der Waals surface area contributed by atoms with Crippen molar-refractivity contribution in [2.24, 2.45) is 10.8 Å². The summed E-state index contributed by atoms with van der Waals surface area (Å²) in [5.41, 5.74) is 3.27. The third kappa shape index (κ3) is 3.27. The number of nitrogens with one attached hydrogen (secondary N) is 2. The van der Waals surface area contributed by atoms with Crippen LogP contribution in [0.5, 0.6) is 0 Å². The summed E-state index contributed by atoms with van der Waals surface area (Å²) in [6.07, 6.45) is 2.23. The van der Waals surface area contributed by atoms with Crippen LogP contribution in [0.25, 0.3) is 0 Å². The monoisotopic (exact) mass is 258 g/mol. The van der Waals surface area contributed by atoms with Gasteiger partial charge in [0.25, 0.3) is 0 Å². The van der Waals surface area contributed by atoms with Gasteiger partial charge in [-0.15, -0.1) is 0 Å². The van der Waals surface area contributed by atoms with E-state index >= 15 is 0 Å². The van der Waals surface area contributed by atoms with Crippen LogP contribution in [0.4, 0.5) is 5.69 Å². The van der Waals surface area contributed by atoms with E-state index in [1.165, 1.54) is 0 Å². The van der Waals surface area contributed by atoms with Crippen molar-refractivity contribution in [1.82, 2.24) is 5.43 Å². The highest BCUT2D eigenvalue weighted by atomic mass is 35.5. The number of benzene rings is 1. The molecule has 4 nitrogen and oxygen atoms in total. The maximum Gasteiger partial charge on any atom is 0.210 e. The molecule has 0 spiro atoms. The Morgan fingerprint density at radius 2 is 1.88 bits per heavy atom. The molecule has 6 heteroatoms. The molecular formula is C10H12Cl2N4. The van der Waals surface area contributed by atoms with Crippen LogP contribution < -0.4 is 16.6 Å². The minimum absolute atomic E-state index is 0.383. The summed E-state index contributed by atoms with van der Waals surface area (Å²) in [7, 11) is 0. The van der Waals surface area contributed by atoms with Crippen molar-refractivity contribution in [2.45, 2.75) is 18.9 Å². The number of anilines is 1. The van der Waals surface area contributed by atoms with Gasteiger partial charge in [0.2, 0.25) is 5.96 Å². The number of hydrazine groups is 1. The van der Waals surface area contributed by atoms with E-state index in [0.717, 1.165) is 18.5 Å². The summed E-state index contributed by atoms with van der Waals surface area (Å²) in [5, 5.41) is 4.16. The predicted molar refractivity (Wildman–Crippen MR) is 67.9 cm³/mol. The number of hydrogen-bond donors (Lipinski definition) is 3. The minimum Gasteiger partial charge on any atom is -0.325 e. The largest absolute Gasteiger partial charge is 0.325 e. The Kier molecular flexibility index (Phi) is 3.53. The van der Waals surface area contributed by atoms with Crippen molar-refractivity contribution in [3.63, 3.8) is 0 Å². The SMILES string of the molecule is NNC(=NC1CC1)Nc1cc(Cl)cc(Cl)c1. The smallest absolute Gasteiger partial charge is 0.210 e. The number of halogens is 2. The van der Waals surface area contributed by atoms with E-state index in [4.69, 9.17) is 29.0 Å². The molecule has 0 radical (unpaired) electrons. The Balaban J connectivity index is 2.11. The van der Waals surface area contributed by atoms with Gasteiger partial charge in [-0.3, -0.25) is 5.43 Å². The van der Waals surface area contributed by atoms with Crippen molar-refractivity contribution in [1.29, 1.82) is 0 Å². The molecule has 86 valence electrons. The number of aliphatic imine (C=N–C) groups is 1. The molecule has 0 amide bonds. The van der Waals surface area contributed by atoms with Crippen molar-refractivity contribution in [3.8, 4) is 0 Å². The van der Waals surface area contributed by atoms with Gasteiger partial charge in [-0.25, -0.2) is 10.8 Å². The predicted octanol–water partition coefficient (Wildman–Crippen LogP) is 2.39. The second-order valence-corrected chi connectivity index (χ2v) is 4.51. The summed E-state index contributed by atoms with van der Waals surface area (Å²) < 4.78 is 0. The van der Waals surface area contributed by atoms with Crippen LogP contribution in [0, 0.1) is 0 Å². The van der Waals surface area contributed by atoms with E-state index in [-0.39, 0.29) is 0 Å². The Morgan fingerprint density at radius 3 is 2.38 bits per heavy atom. The van der Waals surface area contributed by atoms with Gasteiger partial charge in [0.1, 0.15) is 0 Å². The van der Waals surface area contributed by atoms with Gasteiger partial charge in [-0.05, 0) is 31.0 Å². The zero-order valence-corrected chi connectivity index (χ0v) is 10.0. The summed E-state index contributed by atoms with van der Waals surface area (Å²) in [6.45, 7) is 0. The molecule has 0 aliphatic heterocycles. The molecular weight excluding hydrogens is 247 g/mol. The first-order valence-electron chi connectivity index (χ1n) is 4.95. The van der Waals surface area contributed by atoms with Gasteiger partial charge in [0.15, 0.2) is 0 Å². The molecule has 0 bridgehead atoms. The van der Waals surface area contributed by atoms with Crippen molar-refractivity contribution in [2.75, 3.05) is 5.32 Å². The Bertz CT molecular complexity index is 395. The minimum atomic E-state index is 0.383. The lowest BCUT2D eigenvalue weighted by molar-refractivity contribution is 0.966. The Hall–Kier alpha value is -0.970. The fraction of sp³-hybridized carbons (Fsp3) is 0.300. The molecule has 1 fully saturated rings. The highest BCUT2D eigenvalue weighted by Crippen LogP contribution is 2.25. The molecule has 4 N–H and O–H groups in total. The lowest BCUT2D eigenvalue weighted by Crippen LogP contribution is -2.36. The van der Waals surface area contributed by atoms with Gasteiger partial charge in [-0.1, -0.05) is 23.2 Å². The van der Waals surface area contributed by atoms with Crippen molar-refractivity contribution in [3.05, 3.63) is 28.2 Å². The molecule has 1 aliphatic carbocycles. The number of hydrogen-bond acceptors (Lipinski definition) is 2. The van der Waals surface area contributed by atoms with E-state index < -0.39 is 0 Å². The Labute approximate surface area is 104 Å². The van der Waals surface area contributed by atoms with Crippen LogP contribution in [0.1, 0.15) is 12.8 Å². The summed E-state index contributed by atoms with van der Waals surface area (Å²) >= 11 is 11.8. The molecule has 0 atom stereocenters. The molecule has 1 saturated carbocycles. The number of nitrogens with two attached hydrogens (primary N) is 1. The average molecular weight is 259 g/mol. The second kappa shape index (κ2) is 4.91. The first-order valence-corrected chi connectivity index (χ1v) is 5.70. The Morgan fingerprint density at radius 1 is 1.25 bits per heavy atom. The van der Waals surface area contributed by atoms with Crippen LogP contribution in [0.15, 0.2) is 23.2 Å². The van der Waals surface area contributed by atoms with E-state index in [0.29, 0.717) is 22.0 Å². The lowest BCUT2D eigenvalue weighted by atomic mass is 10.3. The molecule has 1 aromatic rings. The molecule has 2 rings (SSSR count). The molecule has 0 heterocycles. The average Bonchev–Trinajstić information content (AvgIpc) is 2.99. The fourth-order valence-corrected chi connectivity index (χ4v) is 1.78. The molecule has 16 heavy (non-hydrogen) atoms. The zero-order chi connectivity index (χ0) is 11.5. The number of guanidine groups is 1. The third-order valence-corrected chi connectivity index (χ3v) is 2.56. The second-order valence-electron chi connectivity index (χ2n) is 3.64. The summed E-state index contributed by atoms with van der Waals surface area (Å²) in [6, 6.07) is 5.57. The van der Waals surface area contributed by atoms with Gasteiger partial charge in [0, 0.05) is 15.7 Å². The first kappa shape index (κ1) is 11.5. The topological polar surface area (TPSA) is 62.4 Å². The van der Waals surface area contributed by atoms with Crippen LogP contribution in [0.2, 0.25) is 10.0 Å². The fourth-order valence-electron chi connectivity index (χ4n) is 1.25. The maximum absolute atomic E-state index is 5.88. The van der Waals surface area contributed by atoms with E-state index in [1.807, 2.05) is 0 Å². The summed E-state index contributed by atoms with van der Waals surface area (Å²) in [5.74, 6) is 5.89. The third-order valence-electron chi connectivity index (χ3n) is 2.12. The van der Waals surface area contributed by atoms with E-state index in [9.17, 15) is 0 Å². The normalized spacial score (nSPS) is 16.1. The molecule has 1 aliphatic rings. The van der Waals surface area contributed by atoms with Gasteiger partial charge in [0.05, 0.1) is 6.04 Å². The quantitative estimate of drug-likeness (QED) is 0.331. The van der Waals surface area contributed by atoms with Gasteiger partial charge >= 0.3 is 0 Å². The maximum atomic E-state index is 5.88. The number of nitrogens with zero attached hydrogens (tertiary/aromatic N) is 1. The van der Waals surface area contributed by atoms with E-state index in [2.05, 4.69) is 15.7 Å². The number of rotatable bonds is 2. The van der Waals surface area contributed by atoms with Crippen molar-refractivity contribution < 1.29 is 0 Å². The molecule has 0 aromatic heterocycles. The molecule has 1 aromatic carbocycles. The highest BCUT2D eigenvalue weighted by molar-refractivity contribution is 6.35. The zero-order valence-electron chi connectivity index (χ0n) is 8.50. The van der Waals surface area contributed by atoms with Crippen LogP contribution >= 0.6 is 23.2 Å². The molecule has 0 saturated heterocycles.